The number of carbonyl (C=O) groups excluding carboxylic acids is 1. The molecule has 2 heterocycles. The minimum absolute atomic E-state index is 0.0690. The molecule has 1 atom stereocenters. The van der Waals surface area contributed by atoms with Gasteiger partial charge >= 0.3 is 5.97 Å². The molecule has 33 heavy (non-hydrogen) atoms. The molecule has 2 aromatic heterocycles. The van der Waals surface area contributed by atoms with Crippen LogP contribution >= 0.6 is 23.1 Å². The molecule has 0 spiro atoms. The van der Waals surface area contributed by atoms with Crippen molar-refractivity contribution in [3.8, 4) is 0 Å². The number of nitrogens with one attached hydrogen (secondary N) is 3. The maximum atomic E-state index is 12.5. The highest BCUT2D eigenvalue weighted by Crippen LogP contribution is 2.28. The lowest BCUT2D eigenvalue weighted by Gasteiger charge is -2.13. The summed E-state index contributed by atoms with van der Waals surface area (Å²) >= 11 is 2.96. The highest BCUT2D eigenvalue weighted by molar-refractivity contribution is 7.98. The molecule has 0 saturated heterocycles. The van der Waals surface area contributed by atoms with Crippen molar-refractivity contribution < 1.29 is 17.9 Å². The number of esters is 1. The number of ether oxygens (including phenoxy) is 1. The summed E-state index contributed by atoms with van der Waals surface area (Å²) < 4.78 is 32.7. The van der Waals surface area contributed by atoms with Gasteiger partial charge in [-0.3, -0.25) is 4.79 Å². The third kappa shape index (κ3) is 7.25. The molecule has 0 amide bonds. The fourth-order valence-electron chi connectivity index (χ4n) is 2.71. The van der Waals surface area contributed by atoms with Crippen molar-refractivity contribution in [1.29, 1.82) is 0 Å². The van der Waals surface area contributed by atoms with E-state index in [2.05, 4.69) is 37.2 Å². The van der Waals surface area contributed by atoms with Crippen molar-refractivity contribution in [1.82, 2.24) is 19.7 Å². The smallest absolute Gasteiger partial charge is 0.321 e. The average Bonchev–Trinajstić information content (AvgIpc) is 3.23. The zero-order valence-electron chi connectivity index (χ0n) is 18.5. The first-order valence-corrected chi connectivity index (χ1v) is 13.7. The van der Waals surface area contributed by atoms with Gasteiger partial charge in [0, 0.05) is 30.4 Å². The minimum atomic E-state index is -3.83. The number of nitrogens with zero attached hydrogens (tertiary/aromatic N) is 3. The predicted octanol–water partition coefficient (Wildman–Crippen LogP) is 2.81. The molecule has 0 aliphatic rings. The minimum Gasteiger partial charge on any atom is -0.465 e. The van der Waals surface area contributed by atoms with E-state index in [0.29, 0.717) is 29.7 Å². The number of anilines is 2. The number of thiazole rings is 1. The molecule has 1 unspecified atom stereocenters. The Labute approximate surface area is 201 Å². The van der Waals surface area contributed by atoms with E-state index >= 15 is 0 Å². The van der Waals surface area contributed by atoms with Crippen molar-refractivity contribution in [3.05, 3.63) is 30.6 Å². The van der Waals surface area contributed by atoms with E-state index in [9.17, 15) is 13.2 Å². The molecule has 0 fully saturated rings. The number of rotatable bonds is 12. The number of fused-ring (bicyclic) bond motifs is 1. The van der Waals surface area contributed by atoms with Gasteiger partial charge in [0.15, 0.2) is 5.13 Å². The third-order valence-corrected chi connectivity index (χ3v) is 7.51. The molecule has 13 heteroatoms. The lowest BCUT2D eigenvalue weighted by molar-refractivity contribution is -0.141. The van der Waals surface area contributed by atoms with E-state index in [-0.39, 0.29) is 17.4 Å². The highest BCUT2D eigenvalue weighted by atomic mass is 32.2. The Balaban J connectivity index is 1.55. The van der Waals surface area contributed by atoms with Crippen LogP contribution < -0.4 is 15.4 Å². The van der Waals surface area contributed by atoms with Crippen LogP contribution in [0.25, 0.3) is 10.2 Å². The van der Waals surface area contributed by atoms with E-state index in [1.165, 1.54) is 17.4 Å². The van der Waals surface area contributed by atoms with E-state index in [1.54, 1.807) is 43.2 Å². The standard InChI is InChI=1S/C20H26N6O4S3/c1-4-30-18(27)12-25-33(28,29)15-5-6-16-17(7-15)32-20(26-16)24-9-13(2)8-21-19-22-10-14(31-3)11-23-19/h5-7,10-11,13,25H,4,8-9,12H2,1-3H3,(H,24,26)(H,21,22,23). The monoisotopic (exact) mass is 510 g/mol. The molecule has 3 rings (SSSR count). The van der Waals surface area contributed by atoms with Gasteiger partial charge in [-0.2, -0.15) is 4.72 Å². The highest BCUT2D eigenvalue weighted by Gasteiger charge is 2.17. The molecule has 1 aromatic carbocycles. The number of aromatic nitrogens is 3. The summed E-state index contributed by atoms with van der Waals surface area (Å²) in [4.78, 5) is 25.6. The molecular weight excluding hydrogens is 484 g/mol. The van der Waals surface area contributed by atoms with Crippen molar-refractivity contribution in [2.75, 3.05) is 43.1 Å². The Bertz CT molecular complexity index is 1180. The topological polar surface area (TPSA) is 135 Å². The van der Waals surface area contributed by atoms with Gasteiger partial charge < -0.3 is 15.4 Å². The van der Waals surface area contributed by atoms with Gasteiger partial charge in [-0.25, -0.2) is 23.4 Å². The van der Waals surface area contributed by atoms with Gasteiger partial charge in [0.05, 0.1) is 21.7 Å². The molecule has 0 radical (unpaired) electrons. The normalized spacial score (nSPS) is 12.5. The van der Waals surface area contributed by atoms with Gasteiger partial charge in [-0.05, 0) is 37.3 Å². The van der Waals surface area contributed by atoms with Crippen LogP contribution in [0, 0.1) is 5.92 Å². The van der Waals surface area contributed by atoms with Crippen LogP contribution in [0.1, 0.15) is 13.8 Å². The second-order valence-corrected chi connectivity index (χ2v) is 10.8. The molecular formula is C20H26N6O4S3. The maximum Gasteiger partial charge on any atom is 0.321 e. The zero-order valence-corrected chi connectivity index (χ0v) is 20.9. The zero-order chi connectivity index (χ0) is 23.8. The number of carbonyl (C=O) groups is 1. The Morgan fingerprint density at radius 3 is 2.64 bits per heavy atom. The fraction of sp³-hybridized carbons (Fsp3) is 0.400. The van der Waals surface area contributed by atoms with Crippen LogP contribution in [0.15, 0.2) is 40.4 Å². The Hall–Kier alpha value is -2.48. The summed E-state index contributed by atoms with van der Waals surface area (Å²) in [7, 11) is -3.83. The largest absolute Gasteiger partial charge is 0.465 e. The number of benzene rings is 1. The van der Waals surface area contributed by atoms with Crippen LogP contribution in [0.4, 0.5) is 11.1 Å². The van der Waals surface area contributed by atoms with Gasteiger partial charge in [-0.15, -0.1) is 11.8 Å². The summed E-state index contributed by atoms with van der Waals surface area (Å²) in [5.41, 5.74) is 0.694. The van der Waals surface area contributed by atoms with E-state index in [0.717, 1.165) is 9.60 Å². The van der Waals surface area contributed by atoms with Gasteiger partial charge in [0.2, 0.25) is 16.0 Å². The van der Waals surface area contributed by atoms with Gasteiger partial charge in [0.25, 0.3) is 0 Å². The quantitative estimate of drug-likeness (QED) is 0.246. The molecule has 3 N–H and O–H groups in total. The van der Waals surface area contributed by atoms with Crippen LogP contribution in [0.2, 0.25) is 0 Å². The summed E-state index contributed by atoms with van der Waals surface area (Å²) in [6.45, 7) is 4.88. The molecule has 178 valence electrons. The molecule has 0 saturated carbocycles. The first-order valence-electron chi connectivity index (χ1n) is 10.2. The summed E-state index contributed by atoms with van der Waals surface area (Å²) in [5.74, 6) is 0.229. The SMILES string of the molecule is CCOC(=O)CNS(=O)(=O)c1ccc2nc(NCC(C)CNc3ncc(SC)cn3)sc2c1. The fourth-order valence-corrected chi connectivity index (χ4v) is 5.01. The second kappa shape index (κ2) is 11.6. The van der Waals surface area contributed by atoms with E-state index in [1.807, 2.05) is 6.26 Å². The van der Waals surface area contributed by atoms with Crippen molar-refractivity contribution in [3.63, 3.8) is 0 Å². The summed E-state index contributed by atoms with van der Waals surface area (Å²) in [5, 5.41) is 7.21. The van der Waals surface area contributed by atoms with Gasteiger partial charge in [-0.1, -0.05) is 18.3 Å². The molecule has 0 aliphatic heterocycles. The Morgan fingerprint density at radius 2 is 1.94 bits per heavy atom. The van der Waals surface area contributed by atoms with Crippen molar-refractivity contribution in [2.24, 2.45) is 5.92 Å². The van der Waals surface area contributed by atoms with Crippen LogP contribution in [-0.4, -0.2) is 61.8 Å². The first-order chi connectivity index (χ1) is 15.8. The number of hydrogen-bond acceptors (Lipinski definition) is 11. The Kier molecular flexibility index (Phi) is 8.83. The number of hydrogen-bond donors (Lipinski definition) is 3. The lowest BCUT2D eigenvalue weighted by atomic mass is 10.2. The van der Waals surface area contributed by atoms with Crippen molar-refractivity contribution in [2.45, 2.75) is 23.6 Å². The van der Waals surface area contributed by atoms with Crippen LogP contribution in [0.5, 0.6) is 0 Å². The lowest BCUT2D eigenvalue weighted by Crippen LogP contribution is -2.30. The molecule has 0 aliphatic carbocycles. The van der Waals surface area contributed by atoms with Crippen LogP contribution in [-0.2, 0) is 19.6 Å². The summed E-state index contributed by atoms with van der Waals surface area (Å²) in [6.07, 6.45) is 5.54. The van der Waals surface area contributed by atoms with E-state index < -0.39 is 22.5 Å². The van der Waals surface area contributed by atoms with Crippen LogP contribution in [0.3, 0.4) is 0 Å². The molecule has 3 aromatic rings. The summed E-state index contributed by atoms with van der Waals surface area (Å²) in [6, 6.07) is 4.66. The predicted molar refractivity (Wildman–Crippen MR) is 131 cm³/mol. The van der Waals surface area contributed by atoms with E-state index in [4.69, 9.17) is 4.74 Å². The second-order valence-electron chi connectivity index (χ2n) is 7.09. The first kappa shape index (κ1) is 25.1. The van der Waals surface area contributed by atoms with Gasteiger partial charge in [0.1, 0.15) is 6.54 Å². The maximum absolute atomic E-state index is 12.5. The Morgan fingerprint density at radius 1 is 1.21 bits per heavy atom. The average molecular weight is 511 g/mol. The number of sulfonamides is 1. The molecule has 0 bridgehead atoms. The molecule has 10 nitrogen and oxygen atoms in total. The van der Waals surface area contributed by atoms with Crippen molar-refractivity contribution >= 4 is 60.4 Å². The number of thioether (sulfide) groups is 1. The third-order valence-electron chi connectivity index (χ3n) is 4.46.